The van der Waals surface area contributed by atoms with Gasteiger partial charge in [-0.05, 0) is 12.5 Å². The molecule has 19 heavy (non-hydrogen) atoms. The highest BCUT2D eigenvalue weighted by atomic mass is 16.4. The minimum absolute atomic E-state index is 0.355. The van der Waals surface area contributed by atoms with Gasteiger partial charge in [-0.1, -0.05) is 63.7 Å². The van der Waals surface area contributed by atoms with Crippen LogP contribution in [0.1, 0.15) is 58.3 Å². The van der Waals surface area contributed by atoms with Gasteiger partial charge in [0.25, 0.3) is 0 Å². The number of allylic oxidation sites excluding steroid dienone is 5. The molecule has 0 bridgehead atoms. The van der Waals surface area contributed by atoms with E-state index in [2.05, 4.69) is 6.92 Å². The van der Waals surface area contributed by atoms with Crippen LogP contribution >= 0.6 is 0 Å². The van der Waals surface area contributed by atoms with Gasteiger partial charge >= 0.3 is 5.97 Å². The number of aliphatic carboxylic acids is 1. The van der Waals surface area contributed by atoms with Gasteiger partial charge in [-0.2, -0.15) is 0 Å². The zero-order valence-electron chi connectivity index (χ0n) is 11.8. The van der Waals surface area contributed by atoms with Gasteiger partial charge in [0, 0.05) is 12.5 Å². The molecule has 0 aromatic heterocycles. The Morgan fingerprint density at radius 2 is 1.53 bits per heavy atom. The van der Waals surface area contributed by atoms with Crippen LogP contribution in [-0.4, -0.2) is 16.2 Å². The smallest absolute Gasteiger partial charge is 0.328 e. The molecule has 0 saturated heterocycles. The molecule has 0 amide bonds. The Morgan fingerprint density at radius 1 is 0.895 bits per heavy atom. The van der Waals surface area contributed by atoms with E-state index in [1.807, 2.05) is 0 Å². The molecule has 0 rings (SSSR count). The highest BCUT2D eigenvalue weighted by Crippen LogP contribution is 2.10. The van der Waals surface area contributed by atoms with Crippen LogP contribution in [0.25, 0.3) is 0 Å². The molecule has 0 heterocycles. The lowest BCUT2D eigenvalue weighted by atomic mass is 10.1. The summed E-state index contributed by atoms with van der Waals surface area (Å²) < 4.78 is 0. The van der Waals surface area contributed by atoms with Crippen LogP contribution in [0.3, 0.4) is 0 Å². The summed E-state index contributed by atoms with van der Waals surface area (Å²) in [4.78, 5) is 10.2. The molecule has 0 fully saturated rings. The lowest BCUT2D eigenvalue weighted by molar-refractivity contribution is -0.131. The predicted octanol–water partition coefficient (Wildman–Crippen LogP) is 4.77. The van der Waals surface area contributed by atoms with E-state index in [1.165, 1.54) is 38.2 Å². The van der Waals surface area contributed by atoms with Gasteiger partial charge < -0.3 is 10.2 Å². The third kappa shape index (κ3) is 14.4. The number of unbranched alkanes of at least 4 members (excludes halogenated alkanes) is 6. The molecular weight excluding hydrogens is 240 g/mol. The fourth-order valence-corrected chi connectivity index (χ4v) is 1.72. The molecule has 0 aromatic rings. The van der Waals surface area contributed by atoms with E-state index < -0.39 is 5.97 Å². The van der Waals surface area contributed by atoms with Crippen LogP contribution in [0.4, 0.5) is 0 Å². The SMILES string of the molecule is CCCCCCCCCC(O)=CC=CC=CC(=O)O. The third-order valence-electron chi connectivity index (χ3n) is 2.79. The largest absolute Gasteiger partial charge is 0.512 e. The van der Waals surface area contributed by atoms with Crippen LogP contribution in [0.2, 0.25) is 0 Å². The molecule has 0 unspecified atom stereocenters. The molecule has 3 nitrogen and oxygen atoms in total. The van der Waals surface area contributed by atoms with E-state index in [1.54, 1.807) is 18.2 Å². The van der Waals surface area contributed by atoms with E-state index in [0.717, 1.165) is 18.9 Å². The van der Waals surface area contributed by atoms with E-state index in [9.17, 15) is 9.90 Å². The first-order valence-corrected chi connectivity index (χ1v) is 7.12. The van der Waals surface area contributed by atoms with Crippen molar-refractivity contribution in [3.63, 3.8) is 0 Å². The van der Waals surface area contributed by atoms with Gasteiger partial charge in [-0.15, -0.1) is 0 Å². The summed E-state index contributed by atoms with van der Waals surface area (Å²) in [7, 11) is 0. The summed E-state index contributed by atoms with van der Waals surface area (Å²) in [6.45, 7) is 2.21. The molecule has 0 radical (unpaired) electrons. The van der Waals surface area contributed by atoms with Gasteiger partial charge in [-0.25, -0.2) is 4.79 Å². The first-order valence-electron chi connectivity index (χ1n) is 7.12. The van der Waals surface area contributed by atoms with E-state index >= 15 is 0 Å². The van der Waals surface area contributed by atoms with Crippen molar-refractivity contribution >= 4 is 5.97 Å². The normalized spacial score (nSPS) is 12.6. The Morgan fingerprint density at radius 3 is 2.16 bits per heavy atom. The zero-order chi connectivity index (χ0) is 14.3. The summed E-state index contributed by atoms with van der Waals surface area (Å²) in [5.74, 6) is -0.616. The van der Waals surface area contributed by atoms with Crippen LogP contribution in [0, 0.1) is 0 Å². The maximum absolute atomic E-state index is 10.2. The van der Waals surface area contributed by atoms with Crippen LogP contribution in [0.15, 0.2) is 36.1 Å². The summed E-state index contributed by atoms with van der Waals surface area (Å²) >= 11 is 0. The molecule has 0 aromatic carbocycles. The van der Waals surface area contributed by atoms with Crippen LogP contribution < -0.4 is 0 Å². The highest BCUT2D eigenvalue weighted by Gasteiger charge is 1.93. The Kier molecular flexibility index (Phi) is 11.9. The average molecular weight is 266 g/mol. The van der Waals surface area contributed by atoms with E-state index in [4.69, 9.17) is 5.11 Å². The van der Waals surface area contributed by atoms with Gasteiger partial charge in [-0.3, -0.25) is 0 Å². The third-order valence-corrected chi connectivity index (χ3v) is 2.79. The molecule has 108 valence electrons. The zero-order valence-corrected chi connectivity index (χ0v) is 11.8. The first-order chi connectivity index (χ1) is 9.16. The maximum atomic E-state index is 10.2. The number of aliphatic hydroxyl groups is 1. The Hall–Kier alpha value is -1.51. The van der Waals surface area contributed by atoms with E-state index in [-0.39, 0.29) is 0 Å². The number of carbonyl (C=O) groups is 1. The number of aliphatic hydroxyl groups excluding tert-OH is 1. The standard InChI is InChI=1S/C16H26O3/c1-2-3-4-5-6-7-9-12-15(17)13-10-8-11-14-16(18)19/h8,10-11,13-14,17H,2-7,9,12H2,1H3,(H,18,19). The maximum Gasteiger partial charge on any atom is 0.328 e. The molecule has 0 spiro atoms. The minimum atomic E-state index is -0.971. The lowest BCUT2D eigenvalue weighted by Gasteiger charge is -2.00. The Labute approximate surface area is 116 Å². The Bertz CT molecular complexity index is 314. The average Bonchev–Trinajstić information content (AvgIpc) is 2.37. The van der Waals surface area contributed by atoms with Gasteiger partial charge in [0.15, 0.2) is 0 Å². The van der Waals surface area contributed by atoms with Crippen molar-refractivity contribution in [2.45, 2.75) is 58.3 Å². The number of rotatable bonds is 11. The van der Waals surface area contributed by atoms with Gasteiger partial charge in [0.2, 0.25) is 0 Å². The molecule has 2 N–H and O–H groups in total. The van der Waals surface area contributed by atoms with Crippen molar-refractivity contribution in [1.29, 1.82) is 0 Å². The molecule has 0 aliphatic rings. The van der Waals surface area contributed by atoms with Crippen LogP contribution in [-0.2, 0) is 4.79 Å². The monoisotopic (exact) mass is 266 g/mol. The van der Waals surface area contributed by atoms with Gasteiger partial charge in [0.05, 0.1) is 5.76 Å². The van der Waals surface area contributed by atoms with Gasteiger partial charge in [0.1, 0.15) is 0 Å². The summed E-state index contributed by atoms with van der Waals surface area (Å²) in [6.07, 6.45) is 16.6. The molecule has 0 aliphatic carbocycles. The quantitative estimate of drug-likeness (QED) is 0.245. The summed E-state index contributed by atoms with van der Waals surface area (Å²) in [6, 6.07) is 0. The molecule has 3 heteroatoms. The predicted molar refractivity (Wildman–Crippen MR) is 79.2 cm³/mol. The molecule has 0 atom stereocenters. The fourth-order valence-electron chi connectivity index (χ4n) is 1.72. The second-order valence-electron chi connectivity index (χ2n) is 4.61. The van der Waals surface area contributed by atoms with Crippen molar-refractivity contribution in [1.82, 2.24) is 0 Å². The Balaban J connectivity index is 3.57. The fraction of sp³-hybridized carbons (Fsp3) is 0.562. The summed E-state index contributed by atoms with van der Waals surface area (Å²) in [5, 5.41) is 17.9. The molecular formula is C16H26O3. The topological polar surface area (TPSA) is 57.5 Å². The molecule has 0 saturated carbocycles. The van der Waals surface area contributed by atoms with Crippen molar-refractivity contribution in [2.75, 3.05) is 0 Å². The highest BCUT2D eigenvalue weighted by molar-refractivity contribution is 5.80. The molecule has 0 aliphatic heterocycles. The first kappa shape index (κ1) is 17.5. The number of hydrogen-bond donors (Lipinski definition) is 2. The second kappa shape index (κ2) is 12.9. The minimum Gasteiger partial charge on any atom is -0.512 e. The van der Waals surface area contributed by atoms with Crippen molar-refractivity contribution in [3.8, 4) is 0 Å². The summed E-state index contributed by atoms with van der Waals surface area (Å²) in [5.41, 5.74) is 0. The second-order valence-corrected chi connectivity index (χ2v) is 4.61. The lowest BCUT2D eigenvalue weighted by Crippen LogP contribution is -1.84. The number of carboxylic acid groups (broad SMARTS) is 1. The van der Waals surface area contributed by atoms with Crippen molar-refractivity contribution in [2.24, 2.45) is 0 Å². The number of carboxylic acids is 1. The van der Waals surface area contributed by atoms with Crippen molar-refractivity contribution in [3.05, 3.63) is 36.1 Å². The number of hydrogen-bond acceptors (Lipinski definition) is 2. The van der Waals surface area contributed by atoms with Crippen LogP contribution in [0.5, 0.6) is 0 Å². The van der Waals surface area contributed by atoms with E-state index in [0.29, 0.717) is 12.2 Å². The van der Waals surface area contributed by atoms with Crippen molar-refractivity contribution < 1.29 is 15.0 Å².